The first-order chi connectivity index (χ1) is 18.1. The molecule has 0 aliphatic heterocycles. The van der Waals surface area contributed by atoms with E-state index in [0.717, 1.165) is 22.8 Å². The lowest BCUT2D eigenvalue weighted by molar-refractivity contribution is -0.139. The van der Waals surface area contributed by atoms with Gasteiger partial charge in [-0.3, -0.25) is 0 Å². The monoisotopic (exact) mass is 514 g/mol. The maximum absolute atomic E-state index is 14.2. The number of esters is 3. The van der Waals surface area contributed by atoms with Gasteiger partial charge in [0.25, 0.3) is 0 Å². The zero-order valence-corrected chi connectivity index (χ0v) is 21.2. The van der Waals surface area contributed by atoms with E-state index >= 15 is 0 Å². The largest absolute Gasteiger partial charge is 0.462 e. The summed E-state index contributed by atoms with van der Waals surface area (Å²) in [6.07, 6.45) is 3.17. The second-order valence-corrected chi connectivity index (χ2v) is 8.50. The van der Waals surface area contributed by atoms with Crippen molar-refractivity contribution in [1.29, 1.82) is 0 Å². The molecule has 38 heavy (non-hydrogen) atoms. The van der Waals surface area contributed by atoms with Crippen molar-refractivity contribution in [2.45, 2.75) is 20.3 Å². The fourth-order valence-electron chi connectivity index (χ4n) is 3.17. The highest BCUT2D eigenvalue weighted by molar-refractivity contribution is 5.90. The van der Waals surface area contributed by atoms with E-state index < -0.39 is 23.7 Å². The Kier molecular flexibility index (Phi) is 9.48. The van der Waals surface area contributed by atoms with Gasteiger partial charge in [0.2, 0.25) is 0 Å². The van der Waals surface area contributed by atoms with Gasteiger partial charge in [0.05, 0.1) is 6.61 Å². The average Bonchev–Trinajstić information content (AvgIpc) is 2.89. The van der Waals surface area contributed by atoms with Crippen molar-refractivity contribution in [3.8, 4) is 22.6 Å². The van der Waals surface area contributed by atoms with Crippen LogP contribution < -0.4 is 9.47 Å². The zero-order valence-electron chi connectivity index (χ0n) is 21.2. The lowest BCUT2D eigenvalue weighted by atomic mass is 10.0. The van der Waals surface area contributed by atoms with E-state index in [1.165, 1.54) is 31.2 Å². The van der Waals surface area contributed by atoms with Gasteiger partial charge in [-0.1, -0.05) is 55.6 Å². The molecule has 194 valence electrons. The Morgan fingerprint density at radius 3 is 2.00 bits per heavy atom. The minimum absolute atomic E-state index is 0.151. The molecular weight excluding hydrogens is 487 g/mol. The van der Waals surface area contributed by atoms with Gasteiger partial charge in [-0.05, 0) is 66.4 Å². The average molecular weight is 515 g/mol. The number of hydrogen-bond donors (Lipinski definition) is 0. The number of hydrogen-bond acceptors (Lipinski definition) is 6. The van der Waals surface area contributed by atoms with Crippen LogP contribution in [-0.2, 0) is 25.5 Å². The van der Waals surface area contributed by atoms with E-state index in [0.29, 0.717) is 23.3 Å². The van der Waals surface area contributed by atoms with Crippen LogP contribution in [0.1, 0.15) is 25.0 Å². The number of benzene rings is 3. The fourth-order valence-corrected chi connectivity index (χ4v) is 3.17. The van der Waals surface area contributed by atoms with Gasteiger partial charge < -0.3 is 14.2 Å². The lowest BCUT2D eigenvalue weighted by Gasteiger charge is -2.07. The van der Waals surface area contributed by atoms with Crippen molar-refractivity contribution >= 4 is 24.0 Å². The summed E-state index contributed by atoms with van der Waals surface area (Å²) in [4.78, 5) is 35.2. The molecule has 0 aliphatic carbocycles. The summed E-state index contributed by atoms with van der Waals surface area (Å²) >= 11 is 0. The lowest BCUT2D eigenvalue weighted by Crippen LogP contribution is -2.09. The summed E-state index contributed by atoms with van der Waals surface area (Å²) in [5, 5.41) is 0. The normalized spacial score (nSPS) is 10.6. The molecule has 0 bridgehead atoms. The minimum Gasteiger partial charge on any atom is -0.462 e. The summed E-state index contributed by atoms with van der Waals surface area (Å²) in [6, 6.07) is 18.8. The van der Waals surface area contributed by atoms with Crippen LogP contribution in [0, 0.1) is 5.82 Å². The van der Waals surface area contributed by atoms with Gasteiger partial charge >= 0.3 is 17.9 Å². The molecule has 0 amide bonds. The topological polar surface area (TPSA) is 78.9 Å². The number of ether oxygens (including phenoxy) is 3. The van der Waals surface area contributed by atoms with Crippen LogP contribution in [0.5, 0.6) is 11.5 Å². The molecule has 0 fully saturated rings. The van der Waals surface area contributed by atoms with E-state index in [1.54, 1.807) is 19.1 Å². The van der Waals surface area contributed by atoms with Crippen molar-refractivity contribution in [2.75, 3.05) is 6.61 Å². The molecule has 3 aromatic rings. The summed E-state index contributed by atoms with van der Waals surface area (Å²) < 4.78 is 29.5. The summed E-state index contributed by atoms with van der Waals surface area (Å²) in [7, 11) is 0. The number of rotatable bonds is 10. The molecule has 0 saturated carbocycles. The van der Waals surface area contributed by atoms with E-state index in [2.05, 4.69) is 13.2 Å². The van der Waals surface area contributed by atoms with Crippen LogP contribution in [-0.4, -0.2) is 24.5 Å². The summed E-state index contributed by atoms with van der Waals surface area (Å²) in [6.45, 7) is 10.4. The van der Waals surface area contributed by atoms with Crippen molar-refractivity contribution in [3.63, 3.8) is 0 Å². The molecular formula is C31H27FO6. The molecule has 0 unspecified atom stereocenters. The van der Waals surface area contributed by atoms with Gasteiger partial charge in [0.15, 0.2) is 11.6 Å². The Balaban J connectivity index is 1.53. The third kappa shape index (κ3) is 8.13. The maximum atomic E-state index is 14.2. The maximum Gasteiger partial charge on any atom is 0.338 e. The molecule has 0 aliphatic rings. The van der Waals surface area contributed by atoms with Crippen LogP contribution in [0.4, 0.5) is 4.39 Å². The van der Waals surface area contributed by atoms with Gasteiger partial charge in [-0.25, -0.2) is 18.8 Å². The van der Waals surface area contributed by atoms with Gasteiger partial charge in [0, 0.05) is 23.6 Å². The van der Waals surface area contributed by atoms with E-state index in [9.17, 15) is 18.8 Å². The smallest absolute Gasteiger partial charge is 0.338 e. The van der Waals surface area contributed by atoms with E-state index in [-0.39, 0.29) is 17.9 Å². The van der Waals surface area contributed by atoms with Crippen molar-refractivity contribution < 1.29 is 33.0 Å². The van der Waals surface area contributed by atoms with E-state index in [1.807, 2.05) is 36.4 Å². The Labute approximate surface area is 220 Å². The molecule has 3 aromatic carbocycles. The number of halogens is 1. The Morgan fingerprint density at radius 2 is 1.42 bits per heavy atom. The first kappa shape index (κ1) is 27.8. The number of carbonyl (C=O) groups excluding carboxylic acids is 3. The highest BCUT2D eigenvalue weighted by Gasteiger charge is 2.10. The molecule has 0 heterocycles. The zero-order chi connectivity index (χ0) is 27.7. The van der Waals surface area contributed by atoms with Crippen molar-refractivity contribution in [1.82, 2.24) is 0 Å². The standard InChI is InChI=1S/C31H27FO6/c1-20(2)30(34)36-18-17-22-5-9-24(10-6-22)25-11-13-26(14-12-25)37-29(33)16-8-23-7-15-28(27(32)19-23)38-31(35)21(3)4/h5-16,19H,1,3,17-18H2,2,4H3/b16-8+. The predicted molar refractivity (Wildman–Crippen MR) is 143 cm³/mol. The SMILES string of the molecule is C=C(C)C(=O)OCCc1ccc(-c2ccc(OC(=O)/C=C/c3ccc(OC(=O)C(=C)C)c(F)c3)cc2)cc1. The second kappa shape index (κ2) is 13.0. The molecule has 0 atom stereocenters. The summed E-state index contributed by atoms with van der Waals surface area (Å²) in [5.74, 6) is -2.37. The minimum atomic E-state index is -0.745. The van der Waals surface area contributed by atoms with Crippen LogP contribution >= 0.6 is 0 Å². The second-order valence-electron chi connectivity index (χ2n) is 8.50. The van der Waals surface area contributed by atoms with Crippen LogP contribution in [0.15, 0.2) is 97.1 Å². The summed E-state index contributed by atoms with van der Waals surface area (Å²) in [5.41, 5.74) is 3.85. The third-order valence-corrected chi connectivity index (χ3v) is 5.25. The molecule has 0 aromatic heterocycles. The first-order valence-corrected chi connectivity index (χ1v) is 11.7. The quantitative estimate of drug-likeness (QED) is 0.181. The first-order valence-electron chi connectivity index (χ1n) is 11.7. The van der Waals surface area contributed by atoms with Gasteiger partial charge in [-0.15, -0.1) is 0 Å². The predicted octanol–water partition coefficient (Wildman–Crippen LogP) is 6.25. The fraction of sp³-hybridized carbons (Fsp3) is 0.129. The molecule has 7 heteroatoms. The molecule has 6 nitrogen and oxygen atoms in total. The molecule has 0 saturated heterocycles. The van der Waals surface area contributed by atoms with Crippen LogP contribution in [0.25, 0.3) is 17.2 Å². The Morgan fingerprint density at radius 1 is 0.816 bits per heavy atom. The molecule has 0 radical (unpaired) electrons. The molecule has 3 rings (SSSR count). The molecule has 0 N–H and O–H groups in total. The van der Waals surface area contributed by atoms with Gasteiger partial charge in [-0.2, -0.15) is 0 Å². The van der Waals surface area contributed by atoms with Crippen LogP contribution in [0.2, 0.25) is 0 Å². The Bertz CT molecular complexity index is 1380. The molecule has 0 spiro atoms. The van der Waals surface area contributed by atoms with E-state index in [4.69, 9.17) is 14.2 Å². The highest BCUT2D eigenvalue weighted by Crippen LogP contribution is 2.24. The highest BCUT2D eigenvalue weighted by atomic mass is 19.1. The van der Waals surface area contributed by atoms with Gasteiger partial charge in [0.1, 0.15) is 5.75 Å². The third-order valence-electron chi connectivity index (χ3n) is 5.25. The van der Waals surface area contributed by atoms with Crippen molar-refractivity contribution in [3.05, 3.63) is 114 Å². The Hall–Kier alpha value is -4.78. The number of carbonyl (C=O) groups is 3. The van der Waals surface area contributed by atoms with Crippen LogP contribution in [0.3, 0.4) is 0 Å². The van der Waals surface area contributed by atoms with Crippen molar-refractivity contribution in [2.24, 2.45) is 0 Å².